The van der Waals surface area contributed by atoms with E-state index in [2.05, 4.69) is 45.9 Å². The van der Waals surface area contributed by atoms with Crippen molar-refractivity contribution in [2.24, 2.45) is 0 Å². The summed E-state index contributed by atoms with van der Waals surface area (Å²) in [5.41, 5.74) is 3.47. The van der Waals surface area contributed by atoms with Gasteiger partial charge in [0, 0.05) is 12.5 Å². The van der Waals surface area contributed by atoms with Gasteiger partial charge >= 0.3 is 7.12 Å². The van der Waals surface area contributed by atoms with Gasteiger partial charge in [0.25, 0.3) is 0 Å². The molecule has 0 bridgehead atoms. The van der Waals surface area contributed by atoms with E-state index in [1.807, 2.05) is 0 Å². The van der Waals surface area contributed by atoms with E-state index in [0.717, 1.165) is 25.6 Å². The molecule has 3 fully saturated rings. The van der Waals surface area contributed by atoms with Gasteiger partial charge in [-0.05, 0) is 75.9 Å². The summed E-state index contributed by atoms with van der Waals surface area (Å²) in [5.74, 6) is 1.23. The van der Waals surface area contributed by atoms with Crippen LogP contribution in [0.25, 0.3) is 0 Å². The first kappa shape index (κ1) is 16.6. The van der Waals surface area contributed by atoms with Gasteiger partial charge in [0.1, 0.15) is 0 Å². The summed E-state index contributed by atoms with van der Waals surface area (Å²) in [6, 6.07) is 6.95. The van der Waals surface area contributed by atoms with E-state index in [1.165, 1.54) is 35.9 Å². The minimum atomic E-state index is -0.298. The van der Waals surface area contributed by atoms with E-state index < -0.39 is 0 Å². The van der Waals surface area contributed by atoms with Crippen LogP contribution in [0.5, 0.6) is 0 Å². The molecule has 1 atom stereocenters. The first-order valence-corrected chi connectivity index (χ1v) is 9.44. The van der Waals surface area contributed by atoms with Crippen molar-refractivity contribution in [2.75, 3.05) is 13.2 Å². The lowest BCUT2D eigenvalue weighted by Gasteiger charge is -2.32. The molecule has 3 aliphatic rings. The zero-order valence-electron chi connectivity index (χ0n) is 15.4. The largest absolute Gasteiger partial charge is 0.495 e. The second kappa shape index (κ2) is 5.86. The maximum Gasteiger partial charge on any atom is 0.495 e. The molecule has 1 aliphatic carbocycles. The van der Waals surface area contributed by atoms with Crippen LogP contribution in [-0.4, -0.2) is 31.5 Å². The lowest BCUT2D eigenvalue weighted by atomic mass is 9.71. The third kappa shape index (κ3) is 2.93. The summed E-state index contributed by atoms with van der Waals surface area (Å²) in [6.07, 6.45) is 4.99. The van der Waals surface area contributed by atoms with Gasteiger partial charge in [-0.25, -0.2) is 0 Å². The maximum absolute atomic E-state index is 6.33. The summed E-state index contributed by atoms with van der Waals surface area (Å²) in [7, 11) is -0.278. The Hall–Kier alpha value is -0.835. The van der Waals surface area contributed by atoms with Crippen LogP contribution in [0.2, 0.25) is 0 Å². The fourth-order valence-electron chi connectivity index (χ4n) is 3.79. The van der Waals surface area contributed by atoms with Crippen LogP contribution in [0.3, 0.4) is 0 Å². The number of benzene rings is 1. The van der Waals surface area contributed by atoms with Crippen LogP contribution in [0.4, 0.5) is 0 Å². The van der Waals surface area contributed by atoms with Crippen molar-refractivity contribution in [3.63, 3.8) is 0 Å². The normalized spacial score (nSPS) is 29.0. The van der Waals surface area contributed by atoms with Crippen molar-refractivity contribution in [3.05, 3.63) is 29.3 Å². The average Bonchev–Trinajstić information content (AvgIpc) is 3.36. The predicted octanol–water partition coefficient (Wildman–Crippen LogP) is 3.76. The Morgan fingerprint density at radius 3 is 2.25 bits per heavy atom. The van der Waals surface area contributed by atoms with Gasteiger partial charge in [0.15, 0.2) is 0 Å². The van der Waals surface area contributed by atoms with Gasteiger partial charge in [-0.15, -0.1) is 0 Å². The fourth-order valence-corrected chi connectivity index (χ4v) is 3.79. The Morgan fingerprint density at radius 2 is 1.67 bits per heavy atom. The van der Waals surface area contributed by atoms with Crippen LogP contribution < -0.4 is 5.46 Å². The van der Waals surface area contributed by atoms with Gasteiger partial charge in [0.2, 0.25) is 0 Å². The molecule has 4 rings (SSSR count). The molecule has 4 heteroatoms. The summed E-state index contributed by atoms with van der Waals surface area (Å²) < 4.78 is 18.4. The topological polar surface area (TPSA) is 27.7 Å². The molecule has 130 valence electrons. The minimum Gasteiger partial charge on any atom is -0.399 e. The molecular formula is C20H29BO3. The van der Waals surface area contributed by atoms with Gasteiger partial charge in [-0.3, -0.25) is 0 Å². The monoisotopic (exact) mass is 328 g/mol. The predicted molar refractivity (Wildman–Crippen MR) is 96.9 cm³/mol. The molecule has 0 N–H and O–H groups in total. The molecule has 1 saturated carbocycles. The van der Waals surface area contributed by atoms with E-state index in [-0.39, 0.29) is 18.3 Å². The highest BCUT2D eigenvalue weighted by atomic mass is 16.7. The van der Waals surface area contributed by atoms with Gasteiger partial charge in [-0.2, -0.15) is 0 Å². The fraction of sp³-hybridized carbons (Fsp3) is 0.700. The van der Waals surface area contributed by atoms with E-state index in [9.17, 15) is 0 Å². The molecular weight excluding hydrogens is 299 g/mol. The third-order valence-electron chi connectivity index (χ3n) is 6.27. The zero-order valence-corrected chi connectivity index (χ0v) is 15.4. The lowest BCUT2D eigenvalue weighted by Crippen LogP contribution is -2.41. The van der Waals surface area contributed by atoms with Crippen LogP contribution in [0.1, 0.15) is 76.3 Å². The molecule has 2 aliphatic heterocycles. The summed E-state index contributed by atoms with van der Waals surface area (Å²) in [5, 5.41) is 0. The standard InChI is InChI=1S/C20H29BO3/c1-19(2)20(3,4)24-21(23-19)18-10-9-15(14-7-8-14)12-17(18)16-6-5-11-22-13-16/h9-10,12,14,16H,5-8,11,13H2,1-4H3. The molecule has 0 amide bonds. The Morgan fingerprint density at radius 1 is 0.958 bits per heavy atom. The molecule has 3 nitrogen and oxygen atoms in total. The Bertz CT molecular complexity index is 599. The number of rotatable bonds is 3. The van der Waals surface area contributed by atoms with Crippen LogP contribution >= 0.6 is 0 Å². The Kier molecular flexibility index (Phi) is 4.06. The SMILES string of the molecule is CC1(C)OB(c2ccc(C3CC3)cc2C2CCCOC2)OC1(C)C. The first-order valence-electron chi connectivity index (χ1n) is 9.44. The van der Waals surface area contributed by atoms with Crippen LogP contribution in [0.15, 0.2) is 18.2 Å². The van der Waals surface area contributed by atoms with Crippen molar-refractivity contribution in [3.8, 4) is 0 Å². The summed E-state index contributed by atoms with van der Waals surface area (Å²) in [4.78, 5) is 0. The average molecular weight is 328 g/mol. The minimum absolute atomic E-state index is 0.278. The molecule has 0 spiro atoms. The van der Waals surface area contributed by atoms with Gasteiger partial charge in [0.05, 0.1) is 17.8 Å². The van der Waals surface area contributed by atoms with Gasteiger partial charge in [-0.1, -0.05) is 18.2 Å². The van der Waals surface area contributed by atoms with Crippen molar-refractivity contribution in [1.82, 2.24) is 0 Å². The summed E-state index contributed by atoms with van der Waals surface area (Å²) in [6.45, 7) is 10.2. The number of hydrogen-bond donors (Lipinski definition) is 0. The smallest absolute Gasteiger partial charge is 0.399 e. The van der Waals surface area contributed by atoms with Gasteiger partial charge < -0.3 is 14.0 Å². The highest BCUT2D eigenvalue weighted by Crippen LogP contribution is 2.42. The van der Waals surface area contributed by atoms with E-state index in [4.69, 9.17) is 14.0 Å². The molecule has 0 aromatic heterocycles. The molecule has 0 radical (unpaired) electrons. The lowest BCUT2D eigenvalue weighted by molar-refractivity contribution is 0.00578. The Labute approximate surface area is 146 Å². The highest BCUT2D eigenvalue weighted by molar-refractivity contribution is 6.62. The molecule has 1 aromatic carbocycles. The molecule has 1 aromatic rings. The van der Waals surface area contributed by atoms with Crippen LogP contribution in [-0.2, 0) is 14.0 Å². The first-order chi connectivity index (χ1) is 11.4. The van der Waals surface area contributed by atoms with E-state index >= 15 is 0 Å². The second-order valence-corrected chi connectivity index (χ2v) is 8.66. The summed E-state index contributed by atoms with van der Waals surface area (Å²) >= 11 is 0. The molecule has 24 heavy (non-hydrogen) atoms. The van der Waals surface area contributed by atoms with Crippen molar-refractivity contribution in [1.29, 1.82) is 0 Å². The second-order valence-electron chi connectivity index (χ2n) is 8.66. The van der Waals surface area contributed by atoms with Crippen molar-refractivity contribution >= 4 is 12.6 Å². The molecule has 1 unspecified atom stereocenters. The van der Waals surface area contributed by atoms with Crippen LogP contribution in [0, 0.1) is 0 Å². The highest BCUT2D eigenvalue weighted by Gasteiger charge is 2.52. The quantitative estimate of drug-likeness (QED) is 0.791. The molecule has 2 heterocycles. The maximum atomic E-state index is 6.33. The zero-order chi connectivity index (χ0) is 16.9. The Balaban J connectivity index is 1.69. The van der Waals surface area contributed by atoms with E-state index in [0.29, 0.717) is 5.92 Å². The van der Waals surface area contributed by atoms with Crippen molar-refractivity contribution in [2.45, 2.75) is 76.4 Å². The number of ether oxygens (including phenoxy) is 1. The number of hydrogen-bond acceptors (Lipinski definition) is 3. The van der Waals surface area contributed by atoms with Crippen molar-refractivity contribution < 1.29 is 14.0 Å². The van der Waals surface area contributed by atoms with E-state index in [1.54, 1.807) is 0 Å². The molecule has 2 saturated heterocycles. The third-order valence-corrected chi connectivity index (χ3v) is 6.27.